The van der Waals surface area contributed by atoms with E-state index in [0.29, 0.717) is 18.2 Å². The van der Waals surface area contributed by atoms with Crippen molar-refractivity contribution >= 4 is 5.82 Å². The Hall–Kier alpha value is -2.37. The first-order valence-corrected chi connectivity index (χ1v) is 5.05. The van der Waals surface area contributed by atoms with Crippen LogP contribution in [0.1, 0.15) is 5.56 Å². The number of nitrogens with one attached hydrogen (secondary N) is 2. The molecule has 2 aromatic rings. The van der Waals surface area contributed by atoms with Crippen LogP contribution in [0.2, 0.25) is 0 Å². The minimum absolute atomic E-state index is 0.124. The fraction of sp³-hybridized carbons (Fsp3) is 0.182. The largest absolute Gasteiger partial charge is 0.480 e. The van der Waals surface area contributed by atoms with Crippen molar-refractivity contribution in [3.05, 3.63) is 46.6 Å². The van der Waals surface area contributed by atoms with Crippen LogP contribution in [0.5, 0.6) is 5.88 Å². The van der Waals surface area contributed by atoms with Crippen molar-refractivity contribution in [3.63, 3.8) is 0 Å². The Morgan fingerprint density at radius 1 is 1.47 bits per heavy atom. The SMILES string of the molecule is COc1cncc(NCc2cc[nH]c(=O)c2)n1. The summed E-state index contributed by atoms with van der Waals surface area (Å²) in [5, 5.41) is 3.06. The molecule has 0 unspecified atom stereocenters. The monoisotopic (exact) mass is 232 g/mol. The van der Waals surface area contributed by atoms with Crippen LogP contribution in [-0.2, 0) is 6.54 Å². The Bertz CT molecular complexity index is 553. The lowest BCUT2D eigenvalue weighted by molar-refractivity contribution is 0.396. The summed E-state index contributed by atoms with van der Waals surface area (Å²) in [5.41, 5.74) is 0.749. The maximum atomic E-state index is 11.1. The second-order valence-corrected chi connectivity index (χ2v) is 3.36. The highest BCUT2D eigenvalue weighted by Crippen LogP contribution is 2.09. The van der Waals surface area contributed by atoms with Gasteiger partial charge in [-0.15, -0.1) is 0 Å². The Balaban J connectivity index is 2.04. The van der Waals surface area contributed by atoms with E-state index in [1.807, 2.05) is 6.07 Å². The Kier molecular flexibility index (Phi) is 3.34. The van der Waals surface area contributed by atoms with E-state index in [4.69, 9.17) is 4.74 Å². The molecule has 6 heteroatoms. The molecule has 2 N–H and O–H groups in total. The number of pyridine rings is 1. The molecule has 17 heavy (non-hydrogen) atoms. The third-order valence-electron chi connectivity index (χ3n) is 2.13. The van der Waals surface area contributed by atoms with Crippen molar-refractivity contribution in [1.82, 2.24) is 15.0 Å². The number of methoxy groups -OCH3 is 1. The minimum atomic E-state index is -0.124. The summed E-state index contributed by atoms with van der Waals surface area (Å²) in [6, 6.07) is 3.35. The highest BCUT2D eigenvalue weighted by molar-refractivity contribution is 5.34. The number of hydrogen-bond acceptors (Lipinski definition) is 5. The summed E-state index contributed by atoms with van der Waals surface area (Å²) in [7, 11) is 1.53. The summed E-state index contributed by atoms with van der Waals surface area (Å²) in [6.07, 6.45) is 4.73. The Morgan fingerprint density at radius 2 is 2.35 bits per heavy atom. The second-order valence-electron chi connectivity index (χ2n) is 3.36. The van der Waals surface area contributed by atoms with Crippen molar-refractivity contribution < 1.29 is 4.74 Å². The van der Waals surface area contributed by atoms with E-state index in [0.717, 1.165) is 5.56 Å². The summed E-state index contributed by atoms with van der Waals surface area (Å²) < 4.78 is 4.96. The first-order valence-electron chi connectivity index (χ1n) is 5.05. The average molecular weight is 232 g/mol. The van der Waals surface area contributed by atoms with Gasteiger partial charge in [-0.1, -0.05) is 0 Å². The van der Waals surface area contributed by atoms with Gasteiger partial charge in [-0.05, 0) is 11.6 Å². The quantitative estimate of drug-likeness (QED) is 0.814. The van der Waals surface area contributed by atoms with Gasteiger partial charge in [-0.3, -0.25) is 9.78 Å². The van der Waals surface area contributed by atoms with E-state index >= 15 is 0 Å². The third kappa shape index (κ3) is 3.04. The normalized spacial score (nSPS) is 9.94. The number of nitrogens with zero attached hydrogens (tertiary/aromatic N) is 2. The van der Waals surface area contributed by atoms with Gasteiger partial charge in [0.05, 0.1) is 19.5 Å². The molecular formula is C11H12N4O2. The highest BCUT2D eigenvalue weighted by Gasteiger charge is 1.98. The predicted molar refractivity (Wildman–Crippen MR) is 63.0 cm³/mol. The standard InChI is InChI=1S/C11H12N4O2/c1-17-11-7-12-6-9(15-11)14-5-8-2-3-13-10(16)4-8/h2-4,6-7H,5H2,1H3,(H,13,16)(H,14,15). The van der Waals surface area contributed by atoms with Crippen molar-refractivity contribution in [1.29, 1.82) is 0 Å². The van der Waals surface area contributed by atoms with Gasteiger partial charge >= 0.3 is 0 Å². The molecule has 88 valence electrons. The van der Waals surface area contributed by atoms with Crippen LogP contribution in [0.4, 0.5) is 5.82 Å². The molecule has 2 rings (SSSR count). The molecule has 0 saturated carbocycles. The number of aromatic amines is 1. The summed E-state index contributed by atoms with van der Waals surface area (Å²) in [4.78, 5) is 21.7. The molecule has 0 aliphatic rings. The van der Waals surface area contributed by atoms with Gasteiger partial charge in [0, 0.05) is 18.8 Å². The lowest BCUT2D eigenvalue weighted by Crippen LogP contribution is -2.08. The van der Waals surface area contributed by atoms with Crippen molar-refractivity contribution in [2.45, 2.75) is 6.54 Å². The maximum Gasteiger partial charge on any atom is 0.248 e. The summed E-state index contributed by atoms with van der Waals surface area (Å²) in [5.74, 6) is 1.05. The van der Waals surface area contributed by atoms with Gasteiger partial charge < -0.3 is 15.0 Å². The molecule has 0 saturated heterocycles. The fourth-order valence-corrected chi connectivity index (χ4v) is 1.32. The molecular weight excluding hydrogens is 220 g/mol. The average Bonchev–Trinajstić information content (AvgIpc) is 2.37. The van der Waals surface area contributed by atoms with Crippen LogP contribution in [0, 0.1) is 0 Å². The van der Waals surface area contributed by atoms with E-state index < -0.39 is 0 Å². The molecule has 0 amide bonds. The molecule has 2 heterocycles. The molecule has 2 aromatic heterocycles. The maximum absolute atomic E-state index is 11.1. The van der Waals surface area contributed by atoms with Crippen LogP contribution in [-0.4, -0.2) is 22.1 Å². The summed E-state index contributed by atoms with van der Waals surface area (Å²) in [6.45, 7) is 0.506. The minimum Gasteiger partial charge on any atom is -0.480 e. The van der Waals surface area contributed by atoms with E-state index in [2.05, 4.69) is 20.3 Å². The molecule has 0 aliphatic heterocycles. The zero-order valence-electron chi connectivity index (χ0n) is 9.30. The number of hydrogen-bond donors (Lipinski definition) is 2. The van der Waals surface area contributed by atoms with Crippen LogP contribution in [0.3, 0.4) is 0 Å². The topological polar surface area (TPSA) is 79.9 Å². The number of anilines is 1. The van der Waals surface area contributed by atoms with Crippen molar-refractivity contribution in [2.75, 3.05) is 12.4 Å². The Labute approximate surface area is 97.7 Å². The number of rotatable bonds is 4. The summed E-state index contributed by atoms with van der Waals surface area (Å²) >= 11 is 0. The van der Waals surface area contributed by atoms with Gasteiger partial charge in [0.15, 0.2) is 0 Å². The van der Waals surface area contributed by atoms with Crippen LogP contribution in [0.25, 0.3) is 0 Å². The van der Waals surface area contributed by atoms with E-state index in [1.54, 1.807) is 12.4 Å². The molecule has 0 aromatic carbocycles. The van der Waals surface area contributed by atoms with Crippen LogP contribution < -0.4 is 15.6 Å². The molecule has 0 spiro atoms. The lowest BCUT2D eigenvalue weighted by atomic mass is 10.3. The van der Waals surface area contributed by atoms with Gasteiger partial charge in [0.1, 0.15) is 5.82 Å². The molecule has 6 nitrogen and oxygen atoms in total. The van der Waals surface area contributed by atoms with Gasteiger partial charge in [0.2, 0.25) is 11.4 Å². The molecule has 0 atom stereocenters. The van der Waals surface area contributed by atoms with Crippen molar-refractivity contribution in [2.24, 2.45) is 0 Å². The second kappa shape index (κ2) is 5.11. The molecule has 0 aliphatic carbocycles. The zero-order valence-corrected chi connectivity index (χ0v) is 9.30. The third-order valence-corrected chi connectivity index (χ3v) is 2.13. The Morgan fingerprint density at radius 3 is 3.12 bits per heavy atom. The number of ether oxygens (including phenoxy) is 1. The first-order chi connectivity index (χ1) is 8.28. The van der Waals surface area contributed by atoms with Gasteiger partial charge in [0.25, 0.3) is 0 Å². The molecule has 0 fully saturated rings. The van der Waals surface area contributed by atoms with E-state index in [1.165, 1.54) is 19.4 Å². The molecule has 0 radical (unpaired) electrons. The van der Waals surface area contributed by atoms with Gasteiger partial charge in [-0.2, -0.15) is 4.98 Å². The molecule has 0 bridgehead atoms. The van der Waals surface area contributed by atoms with Crippen LogP contribution in [0.15, 0.2) is 35.5 Å². The lowest BCUT2D eigenvalue weighted by Gasteiger charge is -2.05. The fourth-order valence-electron chi connectivity index (χ4n) is 1.32. The first kappa shape index (κ1) is 11.1. The van der Waals surface area contributed by atoms with Crippen molar-refractivity contribution in [3.8, 4) is 5.88 Å². The highest BCUT2D eigenvalue weighted by atomic mass is 16.5. The number of H-pyrrole nitrogens is 1. The number of aromatic nitrogens is 3. The van der Waals surface area contributed by atoms with Gasteiger partial charge in [-0.25, -0.2) is 0 Å². The van der Waals surface area contributed by atoms with E-state index in [-0.39, 0.29) is 5.56 Å². The zero-order chi connectivity index (χ0) is 12.1. The smallest absolute Gasteiger partial charge is 0.248 e. The van der Waals surface area contributed by atoms with Crippen LogP contribution >= 0.6 is 0 Å². The predicted octanol–water partition coefficient (Wildman–Crippen LogP) is 0.786. The van der Waals surface area contributed by atoms with E-state index in [9.17, 15) is 4.79 Å².